The van der Waals surface area contributed by atoms with E-state index < -0.39 is 22.6 Å². The summed E-state index contributed by atoms with van der Waals surface area (Å²) in [6, 6.07) is 8.04. The van der Waals surface area contributed by atoms with E-state index in [1.807, 2.05) is 0 Å². The van der Waals surface area contributed by atoms with Gasteiger partial charge >= 0.3 is 0 Å². The van der Waals surface area contributed by atoms with Crippen LogP contribution in [0.3, 0.4) is 0 Å². The van der Waals surface area contributed by atoms with Gasteiger partial charge in [-0.1, -0.05) is 0 Å². The number of benzene rings is 2. The van der Waals surface area contributed by atoms with E-state index in [0.717, 1.165) is 17.7 Å². The number of methoxy groups -OCH3 is 1. The minimum Gasteiger partial charge on any atom is -0.495 e. The van der Waals surface area contributed by atoms with Gasteiger partial charge in [-0.2, -0.15) is 0 Å². The number of ether oxygens (including phenoxy) is 2. The highest BCUT2D eigenvalue weighted by Crippen LogP contribution is 2.30. The molecule has 0 saturated carbocycles. The molecule has 1 N–H and O–H groups in total. The Bertz CT molecular complexity index is 1090. The van der Waals surface area contributed by atoms with E-state index in [-0.39, 0.29) is 46.5 Å². The van der Waals surface area contributed by atoms with Gasteiger partial charge in [-0.05, 0) is 37.1 Å². The third-order valence-electron chi connectivity index (χ3n) is 5.29. The predicted molar refractivity (Wildman–Crippen MR) is 108 cm³/mol. The number of rotatable bonds is 6. The van der Waals surface area contributed by atoms with Crippen LogP contribution in [0.2, 0.25) is 0 Å². The molecule has 0 bridgehead atoms. The number of non-ortho nitro benzene ring substituents is 1. The molecule has 160 valence electrons. The summed E-state index contributed by atoms with van der Waals surface area (Å²) < 4.78 is 10.7. The molecule has 2 aromatic carbocycles. The summed E-state index contributed by atoms with van der Waals surface area (Å²) in [5.41, 5.74) is 0.404. The lowest BCUT2D eigenvalue weighted by molar-refractivity contribution is -0.384. The Balaban J connectivity index is 1.56. The van der Waals surface area contributed by atoms with Crippen LogP contribution in [-0.2, 0) is 4.74 Å². The van der Waals surface area contributed by atoms with Crippen LogP contribution in [0.4, 0.5) is 11.4 Å². The van der Waals surface area contributed by atoms with Crippen molar-refractivity contribution in [1.29, 1.82) is 0 Å². The lowest BCUT2D eigenvalue weighted by Gasteiger charge is -2.17. The molecular weight excluding hydrogens is 406 g/mol. The molecular formula is C21H19N3O7. The van der Waals surface area contributed by atoms with Crippen LogP contribution < -0.4 is 10.1 Å². The molecule has 10 nitrogen and oxygen atoms in total. The molecule has 0 unspecified atom stereocenters. The molecule has 2 aliphatic rings. The number of nitro groups is 1. The molecule has 2 heterocycles. The van der Waals surface area contributed by atoms with E-state index in [1.54, 1.807) is 0 Å². The highest BCUT2D eigenvalue weighted by atomic mass is 16.6. The van der Waals surface area contributed by atoms with Crippen molar-refractivity contribution in [2.24, 2.45) is 0 Å². The zero-order valence-corrected chi connectivity index (χ0v) is 16.6. The van der Waals surface area contributed by atoms with Gasteiger partial charge < -0.3 is 14.8 Å². The largest absolute Gasteiger partial charge is 0.495 e. The van der Waals surface area contributed by atoms with E-state index in [9.17, 15) is 24.5 Å². The van der Waals surface area contributed by atoms with Gasteiger partial charge in [0, 0.05) is 24.3 Å². The van der Waals surface area contributed by atoms with Crippen LogP contribution in [0, 0.1) is 10.1 Å². The first-order valence-electron chi connectivity index (χ1n) is 9.64. The Kier molecular flexibility index (Phi) is 5.38. The Labute approximate surface area is 176 Å². The second kappa shape index (κ2) is 8.15. The highest BCUT2D eigenvalue weighted by Gasteiger charge is 2.38. The van der Waals surface area contributed by atoms with E-state index in [2.05, 4.69) is 5.32 Å². The van der Waals surface area contributed by atoms with Gasteiger partial charge in [0.2, 0.25) is 0 Å². The number of nitrogens with zero attached hydrogens (tertiary/aromatic N) is 2. The first-order chi connectivity index (χ1) is 14.9. The number of hydrogen-bond acceptors (Lipinski definition) is 7. The number of nitrogens with one attached hydrogen (secondary N) is 1. The summed E-state index contributed by atoms with van der Waals surface area (Å²) in [4.78, 5) is 49.7. The van der Waals surface area contributed by atoms with Crippen LogP contribution in [0.5, 0.6) is 5.75 Å². The third-order valence-corrected chi connectivity index (χ3v) is 5.29. The molecule has 31 heavy (non-hydrogen) atoms. The predicted octanol–water partition coefficient (Wildman–Crippen LogP) is 2.63. The molecule has 2 aliphatic heterocycles. The summed E-state index contributed by atoms with van der Waals surface area (Å²) >= 11 is 0. The van der Waals surface area contributed by atoms with Gasteiger partial charge in [0.25, 0.3) is 23.4 Å². The topological polar surface area (TPSA) is 128 Å². The Morgan fingerprint density at radius 1 is 1.23 bits per heavy atom. The van der Waals surface area contributed by atoms with Crippen LogP contribution >= 0.6 is 0 Å². The highest BCUT2D eigenvalue weighted by molar-refractivity contribution is 6.22. The van der Waals surface area contributed by atoms with Gasteiger partial charge in [-0.3, -0.25) is 29.4 Å². The number of anilines is 1. The van der Waals surface area contributed by atoms with Crippen molar-refractivity contribution in [2.45, 2.75) is 18.9 Å². The number of fused-ring (bicyclic) bond motifs is 1. The second-order valence-electron chi connectivity index (χ2n) is 7.21. The summed E-state index contributed by atoms with van der Waals surface area (Å²) in [6.07, 6.45) is 1.50. The molecule has 0 aromatic heterocycles. The molecule has 4 rings (SSSR count). The van der Waals surface area contributed by atoms with E-state index in [4.69, 9.17) is 9.47 Å². The van der Waals surface area contributed by atoms with Crippen molar-refractivity contribution in [3.05, 3.63) is 63.2 Å². The quantitative estimate of drug-likeness (QED) is 0.428. The molecule has 1 fully saturated rings. The Morgan fingerprint density at radius 3 is 2.68 bits per heavy atom. The lowest BCUT2D eigenvalue weighted by atomic mass is 10.1. The van der Waals surface area contributed by atoms with Gasteiger partial charge in [0.15, 0.2) is 0 Å². The number of carbonyl (C=O) groups excluding carboxylic acids is 3. The maximum Gasteiger partial charge on any atom is 0.271 e. The Morgan fingerprint density at radius 2 is 2.00 bits per heavy atom. The first-order valence-corrected chi connectivity index (χ1v) is 9.64. The summed E-state index contributed by atoms with van der Waals surface area (Å²) in [5.74, 6) is -1.24. The maximum absolute atomic E-state index is 12.8. The second-order valence-corrected chi connectivity index (χ2v) is 7.21. The zero-order chi connectivity index (χ0) is 22.1. The average Bonchev–Trinajstić information content (AvgIpc) is 3.36. The van der Waals surface area contributed by atoms with Gasteiger partial charge in [0.05, 0.1) is 41.5 Å². The fourth-order valence-electron chi connectivity index (χ4n) is 3.69. The van der Waals surface area contributed by atoms with Gasteiger partial charge in [-0.25, -0.2) is 0 Å². The van der Waals surface area contributed by atoms with Crippen molar-refractivity contribution in [2.75, 3.05) is 25.6 Å². The molecule has 10 heteroatoms. The Hall–Kier alpha value is -3.79. The fourth-order valence-corrected chi connectivity index (χ4v) is 3.69. The molecule has 0 spiro atoms. The standard InChI is InChI=1S/C21H19N3O7/c1-30-18-7-5-13(24(28)29)10-17(18)22-19(25)12-4-6-15-16(9-12)21(27)23(20(15)26)11-14-3-2-8-31-14/h4-7,9-10,14H,2-3,8,11H2,1H3,(H,22,25)/t14-/m1/s1. The maximum atomic E-state index is 12.8. The van der Waals surface area contributed by atoms with Crippen molar-refractivity contribution >= 4 is 29.1 Å². The average molecular weight is 425 g/mol. The molecule has 1 atom stereocenters. The normalized spacial score (nSPS) is 17.6. The lowest BCUT2D eigenvalue weighted by Crippen LogP contribution is -2.36. The summed E-state index contributed by atoms with van der Waals surface area (Å²) in [7, 11) is 1.37. The van der Waals surface area contributed by atoms with Crippen molar-refractivity contribution in [3.63, 3.8) is 0 Å². The van der Waals surface area contributed by atoms with E-state index >= 15 is 0 Å². The van der Waals surface area contributed by atoms with Gasteiger partial charge in [0.1, 0.15) is 5.75 Å². The number of carbonyl (C=O) groups is 3. The SMILES string of the molecule is COc1ccc([N+](=O)[O-])cc1NC(=O)c1ccc2c(c1)C(=O)N(C[C@H]1CCCO1)C2=O. The molecule has 3 amide bonds. The van der Waals surface area contributed by atoms with Crippen molar-refractivity contribution in [1.82, 2.24) is 4.90 Å². The molecule has 1 saturated heterocycles. The minimum atomic E-state index is -0.598. The van der Waals surface area contributed by atoms with Crippen LogP contribution in [0.25, 0.3) is 0 Å². The number of amides is 3. The van der Waals surface area contributed by atoms with Crippen molar-refractivity contribution in [3.8, 4) is 5.75 Å². The fraction of sp³-hybridized carbons (Fsp3) is 0.286. The number of nitro benzene ring substituents is 1. The molecule has 2 aromatic rings. The smallest absolute Gasteiger partial charge is 0.271 e. The first kappa shape index (κ1) is 20.5. The van der Waals surface area contributed by atoms with Crippen molar-refractivity contribution < 1.29 is 28.8 Å². The number of imide groups is 1. The van der Waals surface area contributed by atoms with E-state index in [0.29, 0.717) is 6.61 Å². The summed E-state index contributed by atoms with van der Waals surface area (Å²) in [5, 5.41) is 13.6. The minimum absolute atomic E-state index is 0.115. The monoisotopic (exact) mass is 425 g/mol. The summed E-state index contributed by atoms with van der Waals surface area (Å²) in [6.45, 7) is 0.790. The van der Waals surface area contributed by atoms with E-state index in [1.165, 1.54) is 43.5 Å². The zero-order valence-electron chi connectivity index (χ0n) is 16.6. The van der Waals surface area contributed by atoms with Crippen LogP contribution in [0.15, 0.2) is 36.4 Å². The van der Waals surface area contributed by atoms with Gasteiger partial charge in [-0.15, -0.1) is 0 Å². The third kappa shape index (κ3) is 3.84. The molecule has 0 radical (unpaired) electrons. The number of hydrogen-bond donors (Lipinski definition) is 1. The van der Waals surface area contributed by atoms with Crippen LogP contribution in [0.1, 0.15) is 43.9 Å². The van der Waals surface area contributed by atoms with Crippen LogP contribution in [-0.4, -0.2) is 53.9 Å². The molecule has 0 aliphatic carbocycles.